The first-order valence-corrected chi connectivity index (χ1v) is 13.5. The van der Waals surface area contributed by atoms with E-state index in [1.807, 2.05) is 13.8 Å². The van der Waals surface area contributed by atoms with Crippen molar-refractivity contribution in [3.63, 3.8) is 0 Å². The molecular weight excluding hydrogens is 434 g/mol. The molecule has 2 heterocycles. The number of piperidine rings is 2. The highest BCUT2D eigenvalue weighted by molar-refractivity contribution is 7.89. The van der Waals surface area contributed by atoms with Crippen molar-refractivity contribution in [2.24, 2.45) is 5.92 Å². The summed E-state index contributed by atoms with van der Waals surface area (Å²) < 4.78 is 27.6. The van der Waals surface area contributed by atoms with E-state index in [1.165, 1.54) is 29.3 Å². The zero-order valence-corrected chi connectivity index (χ0v) is 20.5. The van der Waals surface area contributed by atoms with Crippen LogP contribution in [0.2, 0.25) is 0 Å². The number of sulfonamides is 1. The standard InChI is InChI=1S/C26H35N3O3S/c1-20-8-14-25(15-9-20)33(31,32)29-18-6-7-23(19-29)26(30)27-21(2)22-10-12-24(13-11-22)28-16-4-3-5-17-28/h8-15,21,23H,3-7,16-19H2,1-2H3,(H,27,30). The van der Waals surface area contributed by atoms with Crippen LogP contribution in [0.1, 0.15) is 56.2 Å². The average molecular weight is 470 g/mol. The summed E-state index contributed by atoms with van der Waals surface area (Å²) in [4.78, 5) is 15.7. The van der Waals surface area contributed by atoms with Crippen molar-refractivity contribution >= 4 is 21.6 Å². The number of benzene rings is 2. The summed E-state index contributed by atoms with van der Waals surface area (Å²) in [5.41, 5.74) is 3.31. The monoisotopic (exact) mass is 469 g/mol. The molecule has 6 nitrogen and oxygen atoms in total. The van der Waals surface area contributed by atoms with Crippen molar-refractivity contribution in [3.05, 3.63) is 59.7 Å². The van der Waals surface area contributed by atoms with E-state index in [1.54, 1.807) is 24.3 Å². The predicted octanol–water partition coefficient (Wildman–Crippen LogP) is 4.26. The SMILES string of the molecule is Cc1ccc(S(=O)(=O)N2CCCC(C(=O)NC(C)c3ccc(N4CCCCC4)cc3)C2)cc1. The smallest absolute Gasteiger partial charge is 0.243 e. The number of anilines is 1. The lowest BCUT2D eigenvalue weighted by atomic mass is 9.97. The zero-order chi connectivity index (χ0) is 23.4. The Bertz CT molecular complexity index is 1050. The molecule has 7 heteroatoms. The van der Waals surface area contributed by atoms with Crippen molar-refractivity contribution in [2.45, 2.75) is 56.9 Å². The molecule has 2 fully saturated rings. The van der Waals surface area contributed by atoms with Crippen LogP contribution in [0.4, 0.5) is 5.69 Å². The highest BCUT2D eigenvalue weighted by Gasteiger charge is 2.33. The topological polar surface area (TPSA) is 69.7 Å². The van der Waals surface area contributed by atoms with Crippen molar-refractivity contribution < 1.29 is 13.2 Å². The number of carbonyl (C=O) groups is 1. The molecule has 2 unspecified atom stereocenters. The molecule has 0 bridgehead atoms. The van der Waals surface area contributed by atoms with E-state index < -0.39 is 10.0 Å². The van der Waals surface area contributed by atoms with E-state index in [0.717, 1.165) is 24.2 Å². The van der Waals surface area contributed by atoms with Gasteiger partial charge < -0.3 is 10.2 Å². The highest BCUT2D eigenvalue weighted by atomic mass is 32.2. The molecule has 0 saturated carbocycles. The summed E-state index contributed by atoms with van der Waals surface area (Å²) in [5, 5.41) is 3.11. The van der Waals surface area contributed by atoms with E-state index in [-0.39, 0.29) is 29.3 Å². The molecular formula is C26H35N3O3S. The van der Waals surface area contributed by atoms with Crippen molar-refractivity contribution in [2.75, 3.05) is 31.1 Å². The number of nitrogens with one attached hydrogen (secondary N) is 1. The lowest BCUT2D eigenvalue weighted by Crippen LogP contribution is -2.45. The maximum absolute atomic E-state index is 13.1. The van der Waals surface area contributed by atoms with Crippen LogP contribution in [0, 0.1) is 12.8 Å². The van der Waals surface area contributed by atoms with Crippen LogP contribution in [-0.2, 0) is 14.8 Å². The molecule has 0 aromatic heterocycles. The Morgan fingerprint density at radius 1 is 0.939 bits per heavy atom. The minimum absolute atomic E-state index is 0.0774. The minimum atomic E-state index is -3.59. The minimum Gasteiger partial charge on any atom is -0.372 e. The van der Waals surface area contributed by atoms with E-state index in [4.69, 9.17) is 0 Å². The Kier molecular flexibility index (Phi) is 7.39. The fourth-order valence-corrected chi connectivity index (χ4v) is 6.30. The lowest BCUT2D eigenvalue weighted by Gasteiger charge is -2.32. The molecule has 2 aliphatic rings. The average Bonchev–Trinajstić information content (AvgIpc) is 2.85. The molecule has 4 rings (SSSR count). The predicted molar refractivity (Wildman–Crippen MR) is 132 cm³/mol. The van der Waals surface area contributed by atoms with Crippen molar-refractivity contribution in [1.29, 1.82) is 0 Å². The second-order valence-electron chi connectivity index (χ2n) is 9.38. The highest BCUT2D eigenvalue weighted by Crippen LogP contribution is 2.26. The number of aryl methyl sites for hydroxylation is 1. The first kappa shape index (κ1) is 23.8. The molecule has 2 aliphatic heterocycles. The third-order valence-electron chi connectivity index (χ3n) is 6.89. The van der Waals surface area contributed by atoms with E-state index in [2.05, 4.69) is 34.5 Å². The first-order valence-electron chi connectivity index (χ1n) is 12.1. The van der Waals surface area contributed by atoms with Gasteiger partial charge in [-0.1, -0.05) is 29.8 Å². The van der Waals surface area contributed by atoms with Gasteiger partial charge in [0.2, 0.25) is 15.9 Å². The van der Waals surface area contributed by atoms with Gasteiger partial charge in [0.25, 0.3) is 0 Å². The summed E-state index contributed by atoms with van der Waals surface area (Å²) >= 11 is 0. The maximum atomic E-state index is 13.1. The first-order chi connectivity index (χ1) is 15.8. The Morgan fingerprint density at radius 2 is 1.61 bits per heavy atom. The van der Waals surface area contributed by atoms with Gasteiger partial charge in [-0.15, -0.1) is 0 Å². The lowest BCUT2D eigenvalue weighted by molar-refractivity contribution is -0.126. The largest absolute Gasteiger partial charge is 0.372 e. The summed E-state index contributed by atoms with van der Waals surface area (Å²) in [6, 6.07) is 15.2. The molecule has 2 saturated heterocycles. The fraction of sp³-hybridized carbons (Fsp3) is 0.500. The van der Waals surface area contributed by atoms with Crippen LogP contribution >= 0.6 is 0 Å². The van der Waals surface area contributed by atoms with E-state index >= 15 is 0 Å². The molecule has 2 atom stereocenters. The summed E-state index contributed by atoms with van der Waals surface area (Å²) in [5.74, 6) is -0.416. The molecule has 0 radical (unpaired) electrons. The molecule has 178 valence electrons. The van der Waals surface area contributed by atoms with E-state index in [9.17, 15) is 13.2 Å². The molecule has 1 amide bonds. The van der Waals surface area contributed by atoms with Crippen LogP contribution < -0.4 is 10.2 Å². The van der Waals surface area contributed by atoms with Gasteiger partial charge in [0, 0.05) is 31.9 Å². The van der Waals surface area contributed by atoms with Crippen LogP contribution in [0.15, 0.2) is 53.4 Å². The maximum Gasteiger partial charge on any atom is 0.243 e. The van der Waals surface area contributed by atoms with Crippen molar-refractivity contribution in [1.82, 2.24) is 9.62 Å². The van der Waals surface area contributed by atoms with Crippen molar-refractivity contribution in [3.8, 4) is 0 Å². The molecule has 33 heavy (non-hydrogen) atoms. The molecule has 0 aliphatic carbocycles. The number of amides is 1. The second kappa shape index (κ2) is 10.3. The fourth-order valence-electron chi connectivity index (χ4n) is 4.77. The second-order valence-corrected chi connectivity index (χ2v) is 11.3. The Hall–Kier alpha value is -2.38. The number of nitrogens with zero attached hydrogens (tertiary/aromatic N) is 2. The summed E-state index contributed by atoms with van der Waals surface area (Å²) in [6.45, 7) is 6.80. The number of carbonyl (C=O) groups excluding carboxylic acids is 1. The third-order valence-corrected chi connectivity index (χ3v) is 8.77. The Balaban J connectivity index is 1.37. The number of hydrogen-bond acceptors (Lipinski definition) is 4. The number of rotatable bonds is 6. The quantitative estimate of drug-likeness (QED) is 0.686. The van der Waals surface area contributed by atoms with Crippen LogP contribution in [0.25, 0.3) is 0 Å². The molecule has 2 aromatic rings. The van der Waals surface area contributed by atoms with Crippen LogP contribution in [-0.4, -0.2) is 44.8 Å². The van der Waals surface area contributed by atoms with Gasteiger partial charge >= 0.3 is 0 Å². The molecule has 2 aromatic carbocycles. The van der Waals surface area contributed by atoms with Gasteiger partial charge in [0.15, 0.2) is 0 Å². The van der Waals surface area contributed by atoms with Crippen LogP contribution in [0.5, 0.6) is 0 Å². The Labute approximate surface area is 198 Å². The molecule has 0 spiro atoms. The van der Waals surface area contributed by atoms with Gasteiger partial charge in [0.05, 0.1) is 16.9 Å². The Morgan fingerprint density at radius 3 is 2.27 bits per heavy atom. The van der Waals surface area contributed by atoms with E-state index in [0.29, 0.717) is 19.4 Å². The zero-order valence-electron chi connectivity index (χ0n) is 19.7. The van der Waals surface area contributed by atoms with Gasteiger partial charge in [-0.2, -0.15) is 4.31 Å². The normalized spacial score (nSPS) is 20.9. The number of hydrogen-bond donors (Lipinski definition) is 1. The summed E-state index contributed by atoms with van der Waals surface area (Å²) in [6.07, 6.45) is 5.18. The molecule has 1 N–H and O–H groups in total. The van der Waals surface area contributed by atoms with Gasteiger partial charge in [0.1, 0.15) is 0 Å². The van der Waals surface area contributed by atoms with Gasteiger partial charge in [-0.05, 0) is 75.8 Å². The third kappa shape index (κ3) is 5.58. The van der Waals surface area contributed by atoms with Gasteiger partial charge in [-0.3, -0.25) is 4.79 Å². The summed E-state index contributed by atoms with van der Waals surface area (Å²) in [7, 11) is -3.59. The van der Waals surface area contributed by atoms with Gasteiger partial charge in [-0.25, -0.2) is 8.42 Å². The van der Waals surface area contributed by atoms with Crippen LogP contribution in [0.3, 0.4) is 0 Å².